The third-order valence-electron chi connectivity index (χ3n) is 1.76. The van der Waals surface area contributed by atoms with Crippen LogP contribution in [0.15, 0.2) is 0 Å². The molecule has 0 radical (unpaired) electrons. The van der Waals surface area contributed by atoms with Crippen molar-refractivity contribution >= 4 is 17.4 Å². The van der Waals surface area contributed by atoms with E-state index >= 15 is 0 Å². The average molecular weight is 213 g/mol. The Morgan fingerprint density at radius 1 is 1.38 bits per heavy atom. The number of carbonyl (C=O) groups excluding carboxylic acids is 1. The molecule has 0 heterocycles. The summed E-state index contributed by atoms with van der Waals surface area (Å²) in [4.78, 5) is 10.7. The highest BCUT2D eigenvalue weighted by molar-refractivity contribution is 6.27. The van der Waals surface area contributed by atoms with E-state index in [-0.39, 0.29) is 37.3 Å². The van der Waals surface area contributed by atoms with Gasteiger partial charge in [-0.2, -0.15) is 0 Å². The number of ketones is 1. The summed E-state index contributed by atoms with van der Waals surface area (Å²) in [6, 6.07) is 0. The third-order valence-corrected chi connectivity index (χ3v) is 2.06. The molecule has 0 atom stereocenters. The van der Waals surface area contributed by atoms with Crippen molar-refractivity contribution in [2.75, 3.05) is 5.88 Å². The topological polar surface area (TPSA) is 17.1 Å². The molecule has 13 heavy (non-hydrogen) atoms. The van der Waals surface area contributed by atoms with E-state index in [2.05, 4.69) is 0 Å². The highest BCUT2D eigenvalue weighted by atomic mass is 35.5. The zero-order chi connectivity index (χ0) is 10.3. The molecule has 0 aromatic heterocycles. The number of hydrogen-bond donors (Lipinski definition) is 0. The second kappa shape index (κ2) is 6.30. The normalized spacial score (nSPS) is 11.7. The highest BCUT2D eigenvalue weighted by Gasteiger charge is 2.26. The predicted molar refractivity (Wildman–Crippen MR) is 49.4 cm³/mol. The van der Waals surface area contributed by atoms with E-state index < -0.39 is 5.92 Å². The molecule has 0 fully saturated rings. The van der Waals surface area contributed by atoms with E-state index in [1.165, 1.54) is 0 Å². The van der Waals surface area contributed by atoms with E-state index in [0.717, 1.165) is 0 Å². The Hall–Kier alpha value is -0.180. The van der Waals surface area contributed by atoms with Crippen molar-refractivity contribution in [3.05, 3.63) is 0 Å². The van der Waals surface area contributed by atoms with Crippen LogP contribution in [0.4, 0.5) is 8.78 Å². The van der Waals surface area contributed by atoms with Gasteiger partial charge < -0.3 is 0 Å². The number of Topliss-reactive ketones (excluding diaryl/α,β-unsaturated/α-hetero) is 1. The molecule has 0 bridgehead atoms. The van der Waals surface area contributed by atoms with Gasteiger partial charge in [-0.15, -0.1) is 11.6 Å². The minimum Gasteiger partial charge on any atom is -0.298 e. The van der Waals surface area contributed by atoms with Crippen LogP contribution in [-0.2, 0) is 4.79 Å². The van der Waals surface area contributed by atoms with E-state index in [1.807, 2.05) is 0 Å². The molecule has 0 aliphatic carbocycles. The first-order chi connectivity index (χ1) is 6.02. The maximum absolute atomic E-state index is 12.8. The van der Waals surface area contributed by atoms with Gasteiger partial charge in [-0.25, -0.2) is 8.78 Å². The Kier molecular flexibility index (Phi) is 6.21. The van der Waals surface area contributed by atoms with Crippen LogP contribution < -0.4 is 0 Å². The summed E-state index contributed by atoms with van der Waals surface area (Å²) in [6.45, 7) is 1.72. The van der Waals surface area contributed by atoms with Gasteiger partial charge in [-0.05, 0) is 6.42 Å². The maximum Gasteiger partial charge on any atom is 0.248 e. The Labute approximate surface area is 82.5 Å². The minimum atomic E-state index is -2.61. The molecule has 0 aliphatic heterocycles. The molecule has 1 nitrogen and oxygen atoms in total. The molecular formula is C9H15ClF2O. The first-order valence-electron chi connectivity index (χ1n) is 4.47. The van der Waals surface area contributed by atoms with Crippen molar-refractivity contribution in [3.8, 4) is 0 Å². The highest BCUT2D eigenvalue weighted by Crippen LogP contribution is 2.26. The summed E-state index contributed by atoms with van der Waals surface area (Å²) in [5.74, 6) is -2.84. The molecule has 0 rings (SSSR count). The van der Waals surface area contributed by atoms with Gasteiger partial charge in [0.15, 0.2) is 0 Å². The van der Waals surface area contributed by atoms with E-state index in [0.29, 0.717) is 6.42 Å². The SMILES string of the molecule is CCCC(F)(F)CCCC(=O)CCl. The number of hydrogen-bond acceptors (Lipinski definition) is 1. The zero-order valence-electron chi connectivity index (χ0n) is 7.78. The van der Waals surface area contributed by atoms with Gasteiger partial charge in [0.05, 0.1) is 5.88 Å². The molecule has 0 amide bonds. The molecule has 0 aromatic rings. The summed E-state index contributed by atoms with van der Waals surface area (Å²) < 4.78 is 25.7. The molecule has 0 spiro atoms. The van der Waals surface area contributed by atoms with Gasteiger partial charge in [0.2, 0.25) is 5.92 Å². The Morgan fingerprint density at radius 3 is 2.46 bits per heavy atom. The largest absolute Gasteiger partial charge is 0.298 e. The van der Waals surface area contributed by atoms with Crippen molar-refractivity contribution in [2.45, 2.75) is 45.0 Å². The predicted octanol–water partition coefficient (Wildman–Crippen LogP) is 3.40. The van der Waals surface area contributed by atoms with Crippen LogP contribution >= 0.6 is 11.6 Å². The van der Waals surface area contributed by atoms with Crippen molar-refractivity contribution in [2.24, 2.45) is 0 Å². The summed E-state index contributed by atoms with van der Waals surface area (Å²) in [5.41, 5.74) is 0. The van der Waals surface area contributed by atoms with Crippen molar-refractivity contribution in [3.63, 3.8) is 0 Å². The molecule has 78 valence electrons. The van der Waals surface area contributed by atoms with E-state index in [1.54, 1.807) is 6.92 Å². The third kappa shape index (κ3) is 6.94. The standard InChI is InChI=1S/C9H15ClF2O/c1-2-5-9(11,12)6-3-4-8(13)7-10/h2-7H2,1H3. The fraction of sp³-hybridized carbons (Fsp3) is 0.889. The molecule has 0 aliphatic rings. The van der Waals surface area contributed by atoms with Crippen LogP contribution in [-0.4, -0.2) is 17.6 Å². The summed E-state index contributed by atoms with van der Waals surface area (Å²) in [5, 5.41) is 0. The summed E-state index contributed by atoms with van der Waals surface area (Å²) >= 11 is 5.23. The smallest absolute Gasteiger partial charge is 0.248 e. The Morgan fingerprint density at radius 2 is 2.00 bits per heavy atom. The van der Waals surface area contributed by atoms with Gasteiger partial charge in [0.1, 0.15) is 5.78 Å². The zero-order valence-corrected chi connectivity index (χ0v) is 8.54. The lowest BCUT2D eigenvalue weighted by Gasteiger charge is -2.14. The lowest BCUT2D eigenvalue weighted by Crippen LogP contribution is -2.15. The summed E-state index contributed by atoms with van der Waals surface area (Å²) in [7, 11) is 0. The van der Waals surface area contributed by atoms with Crippen LogP contribution in [0.25, 0.3) is 0 Å². The molecule has 4 heteroatoms. The van der Waals surface area contributed by atoms with Gasteiger partial charge in [-0.3, -0.25) is 4.79 Å². The van der Waals surface area contributed by atoms with Crippen molar-refractivity contribution in [1.82, 2.24) is 0 Å². The summed E-state index contributed by atoms with van der Waals surface area (Å²) in [6.07, 6.45) is 0.573. The van der Waals surface area contributed by atoms with E-state index in [9.17, 15) is 13.6 Å². The molecule has 0 aromatic carbocycles. The Bertz CT molecular complexity index is 160. The number of alkyl halides is 3. The van der Waals surface area contributed by atoms with Gasteiger partial charge in [0.25, 0.3) is 0 Å². The molecule has 0 saturated heterocycles. The second-order valence-electron chi connectivity index (χ2n) is 3.13. The maximum atomic E-state index is 12.8. The van der Waals surface area contributed by atoms with Gasteiger partial charge in [-0.1, -0.05) is 13.3 Å². The van der Waals surface area contributed by atoms with Crippen LogP contribution in [0.2, 0.25) is 0 Å². The lowest BCUT2D eigenvalue weighted by atomic mass is 10.1. The minimum absolute atomic E-state index is 0.0701. The number of halogens is 3. The molecular weight excluding hydrogens is 198 g/mol. The quantitative estimate of drug-likeness (QED) is 0.591. The lowest BCUT2D eigenvalue weighted by molar-refractivity contribution is -0.117. The van der Waals surface area contributed by atoms with Crippen LogP contribution in [0.1, 0.15) is 39.0 Å². The number of rotatable bonds is 7. The molecule has 0 unspecified atom stereocenters. The van der Waals surface area contributed by atoms with Crippen molar-refractivity contribution in [1.29, 1.82) is 0 Å². The van der Waals surface area contributed by atoms with Crippen LogP contribution in [0.3, 0.4) is 0 Å². The molecule has 0 saturated carbocycles. The average Bonchev–Trinajstić information content (AvgIpc) is 2.03. The molecule has 0 N–H and O–H groups in total. The van der Waals surface area contributed by atoms with Gasteiger partial charge >= 0.3 is 0 Å². The van der Waals surface area contributed by atoms with Crippen LogP contribution in [0, 0.1) is 0 Å². The Balaban J connectivity index is 3.56. The van der Waals surface area contributed by atoms with Crippen molar-refractivity contribution < 1.29 is 13.6 Å². The van der Waals surface area contributed by atoms with Gasteiger partial charge in [0, 0.05) is 19.3 Å². The van der Waals surface area contributed by atoms with E-state index in [4.69, 9.17) is 11.6 Å². The first kappa shape index (κ1) is 12.8. The monoisotopic (exact) mass is 212 g/mol. The fourth-order valence-corrected chi connectivity index (χ4v) is 1.24. The second-order valence-corrected chi connectivity index (χ2v) is 3.40. The number of carbonyl (C=O) groups is 1. The van der Waals surface area contributed by atoms with Crippen LogP contribution in [0.5, 0.6) is 0 Å². The fourth-order valence-electron chi connectivity index (χ4n) is 1.10. The first-order valence-corrected chi connectivity index (χ1v) is 5.01.